The van der Waals surface area contributed by atoms with Gasteiger partial charge in [-0.3, -0.25) is 0 Å². The second-order valence-electron chi connectivity index (χ2n) is 2.88. The van der Waals surface area contributed by atoms with E-state index in [1.54, 1.807) is 0 Å². The molecule has 0 bridgehead atoms. The van der Waals surface area contributed by atoms with Gasteiger partial charge in [-0.15, -0.1) is 0 Å². The van der Waals surface area contributed by atoms with Crippen molar-refractivity contribution >= 4 is 0 Å². The quantitative estimate of drug-likeness (QED) is 0.341. The molecular weight excluding hydrogens is 162 g/mol. The third kappa shape index (κ3) is 9.69. The first-order valence-electron chi connectivity index (χ1n) is 3.16. The molecule has 0 unspecified atom stereocenters. The Bertz CT molecular complexity index is 101. The first kappa shape index (κ1) is 17.0. The molecule has 0 spiro atoms. The first-order valence-corrected chi connectivity index (χ1v) is 3.16. The van der Waals surface area contributed by atoms with Crippen LogP contribution in [0.25, 0.3) is 0 Å². The van der Waals surface area contributed by atoms with E-state index in [2.05, 4.69) is 27.3 Å². The highest BCUT2D eigenvalue weighted by molar-refractivity contribution is 4.69. The fraction of sp³-hybridized carbons (Fsp3) is 0.500. The zero-order chi connectivity index (χ0) is 7.33. The Hall–Kier alpha value is -0.310. The molecule has 0 amide bonds. The summed E-state index contributed by atoms with van der Waals surface area (Å²) >= 11 is 0. The van der Waals surface area contributed by atoms with Crippen molar-refractivity contribution < 1.29 is 22.4 Å². The molecule has 0 heterocycles. The van der Waals surface area contributed by atoms with E-state index in [4.69, 9.17) is 0 Å². The number of rotatable bonds is 4. The molecule has 0 atom stereocenters. The number of hydrogen-bond donors (Lipinski definition) is 0. The van der Waals surface area contributed by atoms with E-state index >= 15 is 0 Å². The van der Waals surface area contributed by atoms with Crippen LogP contribution in [-0.2, 0) is 0 Å². The molecule has 11 heavy (non-hydrogen) atoms. The molecule has 0 aliphatic rings. The fourth-order valence-corrected chi connectivity index (χ4v) is 0.774. The predicted molar refractivity (Wildman–Crippen MR) is 45.9 cm³/mol. The van der Waals surface area contributed by atoms with Crippen molar-refractivity contribution in [2.24, 2.45) is 0 Å². The van der Waals surface area contributed by atoms with Gasteiger partial charge in [0, 0.05) is 0 Å². The van der Waals surface area contributed by atoms with E-state index in [1.807, 2.05) is 12.2 Å². The summed E-state index contributed by atoms with van der Waals surface area (Å²) < 4.78 is 0.951. The van der Waals surface area contributed by atoms with E-state index in [0.717, 1.165) is 17.6 Å². The molecule has 0 aliphatic carbocycles. The number of nitrogens with zero attached hydrogens (tertiary/aromatic N) is 1. The van der Waals surface area contributed by atoms with Gasteiger partial charge in [-0.05, 0) is 12.2 Å². The van der Waals surface area contributed by atoms with Gasteiger partial charge in [-0.2, -0.15) is 0 Å². The third-order valence-electron chi connectivity index (χ3n) is 1.25. The SMILES string of the molecule is C=CC[N+](C)(C)CC=C.O.[Cl-]. The monoisotopic (exact) mass is 179 g/mol. The van der Waals surface area contributed by atoms with Gasteiger partial charge >= 0.3 is 0 Å². The minimum Gasteiger partial charge on any atom is -1.00 e. The average Bonchev–Trinajstić information content (AvgIpc) is 1.64. The Balaban J connectivity index is -0.000000320. The lowest BCUT2D eigenvalue weighted by atomic mass is 10.4. The van der Waals surface area contributed by atoms with Crippen molar-refractivity contribution in [3.8, 4) is 0 Å². The molecule has 0 fully saturated rings. The van der Waals surface area contributed by atoms with Crippen molar-refractivity contribution in [1.82, 2.24) is 0 Å². The smallest absolute Gasteiger partial charge is 0.0969 e. The van der Waals surface area contributed by atoms with Crippen LogP contribution in [0.2, 0.25) is 0 Å². The fourth-order valence-electron chi connectivity index (χ4n) is 0.774. The molecule has 0 saturated heterocycles. The summed E-state index contributed by atoms with van der Waals surface area (Å²) in [6.45, 7) is 9.37. The summed E-state index contributed by atoms with van der Waals surface area (Å²) in [5, 5.41) is 0. The highest BCUT2D eigenvalue weighted by Gasteiger charge is 2.07. The molecule has 0 saturated carbocycles. The maximum atomic E-state index is 3.68. The van der Waals surface area contributed by atoms with Crippen LogP contribution < -0.4 is 12.4 Å². The second kappa shape index (κ2) is 7.79. The van der Waals surface area contributed by atoms with Gasteiger partial charge in [0.2, 0.25) is 0 Å². The summed E-state index contributed by atoms with van der Waals surface area (Å²) in [6.07, 6.45) is 3.87. The molecular formula is C8H18ClNO. The lowest BCUT2D eigenvalue weighted by Crippen LogP contribution is -3.00. The number of quaternary nitrogens is 1. The van der Waals surface area contributed by atoms with E-state index in [0.29, 0.717) is 0 Å². The Morgan fingerprint density at radius 3 is 1.55 bits per heavy atom. The highest BCUT2D eigenvalue weighted by Crippen LogP contribution is 1.95. The van der Waals surface area contributed by atoms with Gasteiger partial charge in [-0.1, -0.05) is 13.2 Å². The van der Waals surface area contributed by atoms with Gasteiger partial charge in [0.15, 0.2) is 0 Å². The van der Waals surface area contributed by atoms with Crippen molar-refractivity contribution in [2.45, 2.75) is 0 Å². The van der Waals surface area contributed by atoms with Crippen LogP contribution in [0.3, 0.4) is 0 Å². The Morgan fingerprint density at radius 2 is 1.36 bits per heavy atom. The van der Waals surface area contributed by atoms with Crippen LogP contribution in [0, 0.1) is 0 Å². The van der Waals surface area contributed by atoms with Crippen LogP contribution in [0.5, 0.6) is 0 Å². The highest BCUT2D eigenvalue weighted by atomic mass is 35.5. The van der Waals surface area contributed by atoms with E-state index < -0.39 is 0 Å². The van der Waals surface area contributed by atoms with Crippen LogP contribution in [0.1, 0.15) is 0 Å². The average molecular weight is 180 g/mol. The predicted octanol–water partition coefficient (Wildman–Crippen LogP) is -2.39. The Morgan fingerprint density at radius 1 is 1.09 bits per heavy atom. The van der Waals surface area contributed by atoms with Crippen LogP contribution in [0.15, 0.2) is 25.3 Å². The molecule has 0 aromatic heterocycles. The summed E-state index contributed by atoms with van der Waals surface area (Å²) in [7, 11) is 4.31. The molecule has 3 heteroatoms. The largest absolute Gasteiger partial charge is 1.00 e. The van der Waals surface area contributed by atoms with Crippen molar-refractivity contribution in [3.63, 3.8) is 0 Å². The maximum absolute atomic E-state index is 3.68. The topological polar surface area (TPSA) is 31.5 Å². The molecule has 2 N–H and O–H groups in total. The van der Waals surface area contributed by atoms with Crippen molar-refractivity contribution in [3.05, 3.63) is 25.3 Å². The van der Waals surface area contributed by atoms with Crippen LogP contribution in [-0.4, -0.2) is 37.1 Å². The number of hydrogen-bond acceptors (Lipinski definition) is 0. The standard InChI is InChI=1S/C8H16N.ClH.H2O/c1-5-7-9(3,4)8-6-2;;/h5-6H,1-2,7-8H2,3-4H3;1H;1H2/q+1;;/p-1. The second-order valence-corrected chi connectivity index (χ2v) is 2.88. The molecule has 68 valence electrons. The maximum Gasteiger partial charge on any atom is 0.0969 e. The summed E-state index contributed by atoms with van der Waals surface area (Å²) in [5.41, 5.74) is 0. The first-order chi connectivity index (χ1) is 4.12. The molecule has 0 aliphatic heterocycles. The van der Waals surface area contributed by atoms with E-state index in [-0.39, 0.29) is 17.9 Å². The molecule has 0 rings (SSSR count). The van der Waals surface area contributed by atoms with Gasteiger partial charge in [0.1, 0.15) is 0 Å². The summed E-state index contributed by atoms with van der Waals surface area (Å²) in [5.74, 6) is 0. The Labute approximate surface area is 75.5 Å². The third-order valence-corrected chi connectivity index (χ3v) is 1.25. The summed E-state index contributed by atoms with van der Waals surface area (Å²) in [4.78, 5) is 0. The van der Waals surface area contributed by atoms with Gasteiger partial charge in [-0.25, -0.2) is 0 Å². The van der Waals surface area contributed by atoms with Gasteiger partial charge < -0.3 is 22.4 Å². The normalized spacial score (nSPS) is 8.91. The molecule has 0 aromatic carbocycles. The van der Waals surface area contributed by atoms with Gasteiger partial charge in [0.25, 0.3) is 0 Å². The minimum atomic E-state index is 0. The molecule has 2 nitrogen and oxygen atoms in total. The molecule has 0 radical (unpaired) electrons. The Kier molecular flexibility index (Phi) is 12.0. The lowest BCUT2D eigenvalue weighted by Gasteiger charge is -2.26. The van der Waals surface area contributed by atoms with Crippen LogP contribution in [0.4, 0.5) is 0 Å². The zero-order valence-electron chi connectivity index (χ0n) is 7.31. The van der Waals surface area contributed by atoms with Crippen molar-refractivity contribution in [1.29, 1.82) is 0 Å². The van der Waals surface area contributed by atoms with Crippen LogP contribution >= 0.6 is 0 Å². The van der Waals surface area contributed by atoms with E-state index in [1.165, 1.54) is 0 Å². The summed E-state index contributed by atoms with van der Waals surface area (Å²) in [6, 6.07) is 0. The van der Waals surface area contributed by atoms with E-state index in [9.17, 15) is 0 Å². The lowest BCUT2D eigenvalue weighted by molar-refractivity contribution is -0.878. The zero-order valence-corrected chi connectivity index (χ0v) is 8.06. The number of halogens is 1. The minimum absolute atomic E-state index is 0. The molecule has 0 aromatic rings. The van der Waals surface area contributed by atoms with Crippen molar-refractivity contribution in [2.75, 3.05) is 27.2 Å². The van der Waals surface area contributed by atoms with Gasteiger partial charge in [0.05, 0.1) is 27.2 Å². The number of likely N-dealkylation sites (N-methyl/N-ethyl adjacent to an activating group) is 1.